The number of nitrogens with zero attached hydrogens (tertiary/aromatic N) is 1. The third-order valence-corrected chi connectivity index (χ3v) is 3.73. The highest BCUT2D eigenvalue weighted by molar-refractivity contribution is 5.69. The van der Waals surface area contributed by atoms with Crippen LogP contribution in [0.1, 0.15) is 44.9 Å². The van der Waals surface area contributed by atoms with Crippen molar-refractivity contribution in [2.45, 2.75) is 51.0 Å². The zero-order valence-electron chi connectivity index (χ0n) is 12.7. The number of unbranched alkanes of at least 4 members (excludes halogenated alkanes) is 3. The van der Waals surface area contributed by atoms with E-state index in [-0.39, 0.29) is 12.6 Å². The lowest BCUT2D eigenvalue weighted by Crippen LogP contribution is -2.34. The summed E-state index contributed by atoms with van der Waals surface area (Å²) in [5.74, 6) is -0.150. The van der Waals surface area contributed by atoms with E-state index in [1.54, 1.807) is 0 Å². The maximum Gasteiger partial charge on any atom is 0.306 e. The van der Waals surface area contributed by atoms with Gasteiger partial charge in [-0.05, 0) is 32.2 Å². The second kappa shape index (κ2) is 11.1. The van der Waals surface area contributed by atoms with E-state index in [0.29, 0.717) is 12.5 Å². The van der Waals surface area contributed by atoms with Crippen molar-refractivity contribution >= 4 is 5.97 Å². The Morgan fingerprint density at radius 1 is 1.30 bits per heavy atom. The highest BCUT2D eigenvalue weighted by atomic mass is 16.5. The zero-order chi connectivity index (χ0) is 14.6. The summed E-state index contributed by atoms with van der Waals surface area (Å²) in [7, 11) is 1.43. The minimum absolute atomic E-state index is 0.150. The van der Waals surface area contributed by atoms with Gasteiger partial charge in [0.25, 0.3) is 0 Å². The summed E-state index contributed by atoms with van der Waals surface area (Å²) < 4.78 is 10.4. The summed E-state index contributed by atoms with van der Waals surface area (Å²) in [5.41, 5.74) is 0. The Hall–Kier alpha value is -0.650. The summed E-state index contributed by atoms with van der Waals surface area (Å²) in [6.07, 6.45) is 7.22. The normalized spacial score (nSPS) is 18.6. The van der Waals surface area contributed by atoms with Gasteiger partial charge in [0.05, 0.1) is 19.6 Å². The molecule has 0 aromatic heterocycles. The predicted molar refractivity (Wildman–Crippen MR) is 77.6 cm³/mol. The Labute approximate surface area is 122 Å². The van der Waals surface area contributed by atoms with Gasteiger partial charge in [-0.2, -0.15) is 0 Å². The summed E-state index contributed by atoms with van der Waals surface area (Å²) >= 11 is 0. The lowest BCUT2D eigenvalue weighted by atomic mass is 10.1. The number of methoxy groups -OCH3 is 1. The molecule has 5 nitrogen and oxygen atoms in total. The SMILES string of the molecule is COC(=O)CCN(CCCCCCO)CC1CCCO1. The first-order chi connectivity index (χ1) is 9.76. The van der Waals surface area contributed by atoms with Crippen LogP contribution in [0.2, 0.25) is 0 Å². The molecular weight excluding hydrogens is 258 g/mol. The molecular formula is C15H29NO4. The van der Waals surface area contributed by atoms with Gasteiger partial charge in [0.2, 0.25) is 0 Å². The number of aliphatic hydroxyl groups excluding tert-OH is 1. The van der Waals surface area contributed by atoms with Crippen LogP contribution < -0.4 is 0 Å². The number of ether oxygens (including phenoxy) is 2. The number of hydrogen-bond donors (Lipinski definition) is 1. The molecule has 1 aliphatic rings. The molecule has 1 aliphatic heterocycles. The summed E-state index contributed by atoms with van der Waals surface area (Å²) in [4.78, 5) is 13.6. The smallest absolute Gasteiger partial charge is 0.306 e. The second-order valence-electron chi connectivity index (χ2n) is 5.40. The fourth-order valence-electron chi connectivity index (χ4n) is 2.52. The molecule has 0 bridgehead atoms. The lowest BCUT2D eigenvalue weighted by Gasteiger charge is -2.24. The van der Waals surface area contributed by atoms with Crippen LogP contribution in [-0.4, -0.2) is 62.0 Å². The summed E-state index contributed by atoms with van der Waals surface area (Å²) in [6.45, 7) is 3.79. The third-order valence-electron chi connectivity index (χ3n) is 3.73. The molecule has 0 aromatic rings. The maximum absolute atomic E-state index is 11.3. The van der Waals surface area contributed by atoms with Gasteiger partial charge in [-0.3, -0.25) is 4.79 Å². The van der Waals surface area contributed by atoms with Crippen molar-refractivity contribution in [3.63, 3.8) is 0 Å². The predicted octanol–water partition coefficient (Wildman–Crippen LogP) is 1.58. The van der Waals surface area contributed by atoms with Crippen LogP contribution >= 0.6 is 0 Å². The van der Waals surface area contributed by atoms with Gasteiger partial charge in [0.1, 0.15) is 0 Å². The molecule has 0 spiro atoms. The number of hydrogen-bond acceptors (Lipinski definition) is 5. The standard InChI is InChI=1S/C15H29NO4/c1-19-15(18)8-10-16(9-4-2-3-5-11-17)13-14-7-6-12-20-14/h14,17H,2-13H2,1H3. The summed E-state index contributed by atoms with van der Waals surface area (Å²) in [6, 6.07) is 0. The molecule has 20 heavy (non-hydrogen) atoms. The molecule has 0 aromatic carbocycles. The van der Waals surface area contributed by atoms with Crippen molar-refractivity contribution in [1.29, 1.82) is 0 Å². The highest BCUT2D eigenvalue weighted by Gasteiger charge is 2.19. The van der Waals surface area contributed by atoms with E-state index in [4.69, 9.17) is 14.6 Å². The first-order valence-electron chi connectivity index (χ1n) is 7.78. The average Bonchev–Trinajstić information content (AvgIpc) is 2.96. The van der Waals surface area contributed by atoms with E-state index < -0.39 is 0 Å². The maximum atomic E-state index is 11.3. The monoisotopic (exact) mass is 287 g/mol. The minimum Gasteiger partial charge on any atom is -0.469 e. The number of carbonyl (C=O) groups excluding carboxylic acids is 1. The number of carbonyl (C=O) groups is 1. The number of aliphatic hydroxyl groups is 1. The lowest BCUT2D eigenvalue weighted by molar-refractivity contribution is -0.141. The Morgan fingerprint density at radius 2 is 2.10 bits per heavy atom. The van der Waals surface area contributed by atoms with Crippen LogP contribution in [0.5, 0.6) is 0 Å². The third kappa shape index (κ3) is 7.82. The minimum atomic E-state index is -0.150. The highest BCUT2D eigenvalue weighted by Crippen LogP contribution is 2.14. The van der Waals surface area contributed by atoms with Crippen molar-refractivity contribution in [1.82, 2.24) is 4.90 Å². The van der Waals surface area contributed by atoms with Crippen LogP contribution in [0.3, 0.4) is 0 Å². The van der Waals surface area contributed by atoms with Crippen molar-refractivity contribution in [2.24, 2.45) is 0 Å². The van der Waals surface area contributed by atoms with Crippen LogP contribution in [-0.2, 0) is 14.3 Å². The molecule has 1 atom stereocenters. The molecule has 1 saturated heterocycles. The van der Waals surface area contributed by atoms with Crippen molar-refractivity contribution in [3.8, 4) is 0 Å². The Bertz CT molecular complexity index is 254. The van der Waals surface area contributed by atoms with Gasteiger partial charge in [-0.1, -0.05) is 12.8 Å². The van der Waals surface area contributed by atoms with Gasteiger partial charge in [0.15, 0.2) is 0 Å². The zero-order valence-corrected chi connectivity index (χ0v) is 12.7. The van der Waals surface area contributed by atoms with Crippen LogP contribution in [0.25, 0.3) is 0 Å². The van der Waals surface area contributed by atoms with E-state index in [9.17, 15) is 4.79 Å². The summed E-state index contributed by atoms with van der Waals surface area (Å²) in [5, 5.41) is 8.76. The molecule has 1 rings (SSSR count). The molecule has 1 fully saturated rings. The Morgan fingerprint density at radius 3 is 2.75 bits per heavy atom. The molecule has 0 saturated carbocycles. The Balaban J connectivity index is 2.23. The average molecular weight is 287 g/mol. The van der Waals surface area contributed by atoms with E-state index in [1.165, 1.54) is 7.11 Å². The van der Waals surface area contributed by atoms with Crippen LogP contribution in [0.15, 0.2) is 0 Å². The molecule has 1 heterocycles. The molecule has 0 aliphatic carbocycles. The molecule has 5 heteroatoms. The molecule has 0 amide bonds. The number of rotatable bonds is 11. The van der Waals surface area contributed by atoms with E-state index in [0.717, 1.165) is 64.8 Å². The van der Waals surface area contributed by atoms with Crippen molar-refractivity contribution < 1.29 is 19.4 Å². The van der Waals surface area contributed by atoms with E-state index >= 15 is 0 Å². The first-order valence-corrected chi connectivity index (χ1v) is 7.78. The van der Waals surface area contributed by atoms with Gasteiger partial charge >= 0.3 is 5.97 Å². The van der Waals surface area contributed by atoms with Gasteiger partial charge < -0.3 is 19.5 Å². The van der Waals surface area contributed by atoms with Gasteiger partial charge in [-0.25, -0.2) is 0 Å². The number of esters is 1. The van der Waals surface area contributed by atoms with Crippen molar-refractivity contribution in [3.05, 3.63) is 0 Å². The van der Waals surface area contributed by atoms with E-state index in [2.05, 4.69) is 4.90 Å². The fraction of sp³-hybridized carbons (Fsp3) is 0.933. The molecule has 118 valence electrons. The molecule has 1 unspecified atom stereocenters. The van der Waals surface area contributed by atoms with E-state index in [1.807, 2.05) is 0 Å². The van der Waals surface area contributed by atoms with Gasteiger partial charge in [-0.15, -0.1) is 0 Å². The first kappa shape index (κ1) is 17.4. The topological polar surface area (TPSA) is 59.0 Å². The quantitative estimate of drug-likeness (QED) is 0.462. The van der Waals surface area contributed by atoms with Crippen LogP contribution in [0.4, 0.5) is 0 Å². The Kier molecular flexibility index (Phi) is 9.62. The second-order valence-corrected chi connectivity index (χ2v) is 5.40. The molecule has 0 radical (unpaired) electrons. The van der Waals surface area contributed by atoms with Gasteiger partial charge in [0, 0.05) is 26.3 Å². The van der Waals surface area contributed by atoms with Crippen LogP contribution in [0, 0.1) is 0 Å². The molecule has 1 N–H and O–H groups in total. The fourth-order valence-corrected chi connectivity index (χ4v) is 2.52. The van der Waals surface area contributed by atoms with Crippen molar-refractivity contribution in [2.75, 3.05) is 40.0 Å². The largest absolute Gasteiger partial charge is 0.469 e.